The number of hydrogen-bond acceptors (Lipinski definition) is 5. The molecule has 0 spiro atoms. The molecule has 139 valence electrons. The van der Waals surface area contributed by atoms with Crippen LogP contribution in [-0.2, 0) is 6.18 Å². The Labute approximate surface area is 151 Å². The summed E-state index contributed by atoms with van der Waals surface area (Å²) in [4.78, 5) is 11.3. The monoisotopic (exact) mass is 375 g/mol. The number of nitrogens with one attached hydrogen (secondary N) is 2. The number of H-pyrrole nitrogens is 1. The average molecular weight is 375 g/mol. The first-order valence-electron chi connectivity index (χ1n) is 8.54. The third kappa shape index (κ3) is 2.83. The normalized spacial score (nSPS) is 16.6. The van der Waals surface area contributed by atoms with E-state index in [0.29, 0.717) is 36.1 Å². The van der Waals surface area contributed by atoms with Gasteiger partial charge >= 0.3 is 6.18 Å². The molecule has 1 fully saturated rings. The van der Waals surface area contributed by atoms with E-state index < -0.39 is 11.7 Å². The fourth-order valence-corrected chi connectivity index (χ4v) is 3.21. The van der Waals surface area contributed by atoms with Crippen molar-refractivity contribution in [1.29, 1.82) is 0 Å². The highest BCUT2D eigenvalue weighted by atomic mass is 19.4. The Balaban J connectivity index is 1.59. The molecule has 2 aromatic heterocycles. The average Bonchev–Trinajstić information content (AvgIpc) is 3.39. The number of hydrogen-bond donors (Lipinski definition) is 2. The molecule has 0 amide bonds. The molecule has 2 aliphatic rings. The third-order valence-electron chi connectivity index (χ3n) is 4.57. The molecule has 1 aliphatic heterocycles. The lowest BCUT2D eigenvalue weighted by molar-refractivity contribution is -0.136. The Morgan fingerprint density at radius 3 is 2.78 bits per heavy atom. The maximum atomic E-state index is 13.3. The minimum absolute atomic E-state index is 0.0190. The lowest BCUT2D eigenvalue weighted by Crippen LogP contribution is -2.16. The predicted octanol–water partition coefficient (Wildman–Crippen LogP) is 4.17. The molecule has 0 atom stereocenters. The van der Waals surface area contributed by atoms with Crippen molar-refractivity contribution in [2.24, 2.45) is 0 Å². The standard InChI is InChI=1S/C18H14F3N4O2/c19-18(20,21)10-8-22-16-13(10)14(9-4-5-9)24-17(25-16)23-11-2-1-3-12-15(11)27-7-6-26-12/h1-2,8-9H,4-7H2,(H2,22,23,24,25). The van der Waals surface area contributed by atoms with E-state index in [2.05, 4.69) is 26.3 Å². The van der Waals surface area contributed by atoms with Gasteiger partial charge in [0.1, 0.15) is 18.9 Å². The molecule has 0 bridgehead atoms. The van der Waals surface area contributed by atoms with Gasteiger partial charge in [0.05, 0.1) is 22.3 Å². The summed E-state index contributed by atoms with van der Waals surface area (Å²) in [5.74, 6) is 1.20. The minimum atomic E-state index is -4.46. The first-order valence-corrected chi connectivity index (χ1v) is 8.54. The molecule has 2 N–H and O–H groups in total. The van der Waals surface area contributed by atoms with Crippen LogP contribution >= 0.6 is 0 Å². The van der Waals surface area contributed by atoms with Crippen LogP contribution < -0.4 is 14.8 Å². The van der Waals surface area contributed by atoms with Crippen LogP contribution in [0.15, 0.2) is 18.3 Å². The van der Waals surface area contributed by atoms with Gasteiger partial charge < -0.3 is 19.8 Å². The van der Waals surface area contributed by atoms with Gasteiger partial charge in [-0.2, -0.15) is 18.2 Å². The zero-order valence-corrected chi connectivity index (χ0v) is 14.0. The van der Waals surface area contributed by atoms with Crippen molar-refractivity contribution in [3.63, 3.8) is 0 Å². The number of aromatic nitrogens is 3. The van der Waals surface area contributed by atoms with Gasteiger partial charge in [0.25, 0.3) is 0 Å². The van der Waals surface area contributed by atoms with E-state index in [4.69, 9.17) is 9.47 Å². The molecular weight excluding hydrogens is 361 g/mol. The number of nitrogens with zero attached hydrogens (tertiary/aromatic N) is 2. The zero-order chi connectivity index (χ0) is 18.6. The summed E-state index contributed by atoms with van der Waals surface area (Å²) in [6, 6.07) is 6.35. The van der Waals surface area contributed by atoms with Crippen molar-refractivity contribution in [3.8, 4) is 11.5 Å². The van der Waals surface area contributed by atoms with E-state index >= 15 is 0 Å². The molecule has 6 nitrogen and oxygen atoms in total. The van der Waals surface area contributed by atoms with Crippen molar-refractivity contribution < 1.29 is 22.6 Å². The summed E-state index contributed by atoms with van der Waals surface area (Å²) in [5.41, 5.74) is 0.432. The highest BCUT2D eigenvalue weighted by Gasteiger charge is 2.38. The second-order valence-electron chi connectivity index (χ2n) is 6.50. The fraction of sp³-hybridized carbons (Fsp3) is 0.333. The van der Waals surface area contributed by atoms with E-state index in [0.717, 1.165) is 19.0 Å². The highest BCUT2D eigenvalue weighted by molar-refractivity contribution is 5.85. The summed E-state index contributed by atoms with van der Waals surface area (Å²) in [6.45, 7) is 0.836. The summed E-state index contributed by atoms with van der Waals surface area (Å²) in [5, 5.41) is 3.10. The van der Waals surface area contributed by atoms with Gasteiger partial charge in [-0.3, -0.25) is 0 Å². The van der Waals surface area contributed by atoms with Gasteiger partial charge in [0, 0.05) is 18.2 Å². The quantitative estimate of drug-likeness (QED) is 0.719. The van der Waals surface area contributed by atoms with Gasteiger partial charge in [-0.05, 0) is 25.0 Å². The number of aromatic amines is 1. The van der Waals surface area contributed by atoms with Gasteiger partial charge in [0.2, 0.25) is 5.95 Å². The summed E-state index contributed by atoms with van der Waals surface area (Å²) in [6.07, 6.45) is -1.87. The molecule has 27 heavy (non-hydrogen) atoms. The van der Waals surface area contributed by atoms with Gasteiger partial charge in [-0.25, -0.2) is 4.98 Å². The third-order valence-corrected chi connectivity index (χ3v) is 4.57. The fourth-order valence-electron chi connectivity index (χ4n) is 3.21. The topological polar surface area (TPSA) is 72.1 Å². The number of fused-ring (bicyclic) bond motifs is 2. The second-order valence-corrected chi connectivity index (χ2v) is 6.50. The molecular formula is C18H14F3N4O2. The summed E-state index contributed by atoms with van der Waals surface area (Å²) >= 11 is 0. The predicted molar refractivity (Wildman–Crippen MR) is 90.4 cm³/mol. The number of halogens is 3. The Hall–Kier alpha value is -2.97. The van der Waals surface area contributed by atoms with Crippen molar-refractivity contribution in [1.82, 2.24) is 15.0 Å². The van der Waals surface area contributed by atoms with Crippen LogP contribution in [0.25, 0.3) is 11.0 Å². The lowest BCUT2D eigenvalue weighted by atomic mass is 10.1. The van der Waals surface area contributed by atoms with Crippen LogP contribution in [0.2, 0.25) is 0 Å². The van der Waals surface area contributed by atoms with Crippen molar-refractivity contribution in [2.75, 3.05) is 18.5 Å². The lowest BCUT2D eigenvalue weighted by Gasteiger charge is -2.20. The van der Waals surface area contributed by atoms with Gasteiger partial charge in [0.15, 0.2) is 11.5 Å². The molecule has 1 aromatic carbocycles. The van der Waals surface area contributed by atoms with E-state index in [-0.39, 0.29) is 22.9 Å². The number of benzene rings is 1. The van der Waals surface area contributed by atoms with Crippen molar-refractivity contribution in [3.05, 3.63) is 35.7 Å². The molecule has 3 heterocycles. The maximum absolute atomic E-state index is 13.3. The molecule has 0 saturated heterocycles. The number of anilines is 2. The number of alkyl halides is 3. The molecule has 5 rings (SSSR count). The van der Waals surface area contributed by atoms with Crippen molar-refractivity contribution in [2.45, 2.75) is 24.9 Å². The molecule has 0 unspecified atom stereocenters. The van der Waals surface area contributed by atoms with Gasteiger partial charge in [-0.1, -0.05) is 0 Å². The number of ether oxygens (including phenoxy) is 2. The molecule has 1 aliphatic carbocycles. The Bertz CT molecular complexity index is 1030. The van der Waals surface area contributed by atoms with Crippen LogP contribution in [0.3, 0.4) is 0 Å². The Morgan fingerprint density at radius 2 is 2.00 bits per heavy atom. The van der Waals surface area contributed by atoms with Crippen molar-refractivity contribution >= 4 is 22.7 Å². The molecule has 9 heteroatoms. The first kappa shape index (κ1) is 16.2. The van der Waals surface area contributed by atoms with Gasteiger partial charge in [-0.15, -0.1) is 0 Å². The zero-order valence-electron chi connectivity index (χ0n) is 14.0. The maximum Gasteiger partial charge on any atom is 0.418 e. The number of rotatable bonds is 3. The minimum Gasteiger partial charge on any atom is -0.485 e. The van der Waals surface area contributed by atoms with E-state index in [9.17, 15) is 13.2 Å². The Kier molecular flexibility index (Phi) is 3.46. The smallest absolute Gasteiger partial charge is 0.418 e. The SMILES string of the molecule is FC(F)(F)c1c[nH]c2nc(Nc3cc[c]c4c3OCCO4)nc(C3CC3)c12. The molecule has 1 saturated carbocycles. The molecule has 3 aromatic rings. The van der Waals surface area contributed by atoms with Crippen LogP contribution in [0.4, 0.5) is 24.8 Å². The van der Waals surface area contributed by atoms with Crippen LogP contribution in [-0.4, -0.2) is 28.2 Å². The van der Waals surface area contributed by atoms with E-state index in [1.54, 1.807) is 12.1 Å². The van der Waals surface area contributed by atoms with Crippen LogP contribution in [0.5, 0.6) is 11.5 Å². The summed E-state index contributed by atoms with van der Waals surface area (Å²) < 4.78 is 51.1. The summed E-state index contributed by atoms with van der Waals surface area (Å²) in [7, 11) is 0. The van der Waals surface area contributed by atoms with E-state index in [1.807, 2.05) is 0 Å². The second kappa shape index (κ2) is 5.77. The van der Waals surface area contributed by atoms with Crippen LogP contribution in [0.1, 0.15) is 30.0 Å². The van der Waals surface area contributed by atoms with E-state index in [1.165, 1.54) is 0 Å². The largest absolute Gasteiger partial charge is 0.485 e. The Morgan fingerprint density at radius 1 is 1.19 bits per heavy atom. The highest BCUT2D eigenvalue weighted by Crippen LogP contribution is 2.46. The first-order chi connectivity index (χ1) is 13.0. The van der Waals surface area contributed by atoms with Crippen LogP contribution in [0, 0.1) is 6.07 Å². The molecule has 1 radical (unpaired) electrons.